The van der Waals surface area contributed by atoms with Gasteiger partial charge in [-0.3, -0.25) is 0 Å². The quantitative estimate of drug-likeness (QED) is 0.423. The molecule has 120 valence electrons. The Kier molecular flexibility index (Phi) is 4.81. The van der Waals surface area contributed by atoms with Gasteiger partial charge in [0.1, 0.15) is 0 Å². The van der Waals surface area contributed by atoms with Crippen LogP contribution in [0.2, 0.25) is 0 Å². The summed E-state index contributed by atoms with van der Waals surface area (Å²) in [5, 5.41) is 6.78. The van der Waals surface area contributed by atoms with Gasteiger partial charge in [-0.05, 0) is 18.6 Å². The van der Waals surface area contributed by atoms with Crippen LogP contribution >= 0.6 is 15.9 Å². The number of para-hydroxylation sites is 1. The number of aromatic amines is 1. The highest BCUT2D eigenvalue weighted by Crippen LogP contribution is 2.17. The minimum atomic E-state index is -0.346. The first kappa shape index (κ1) is 15.8. The number of nitrogens with zero attached hydrogens (tertiary/aromatic N) is 2. The molecule has 0 aliphatic heterocycles. The summed E-state index contributed by atoms with van der Waals surface area (Å²) in [7, 11) is 0. The number of H-pyrrole nitrogens is 1. The molecule has 0 atom stereocenters. The molecule has 1 N–H and O–H groups in total. The van der Waals surface area contributed by atoms with E-state index in [0.29, 0.717) is 17.3 Å². The van der Waals surface area contributed by atoms with E-state index in [0.717, 1.165) is 35.0 Å². The summed E-state index contributed by atoms with van der Waals surface area (Å²) in [6.45, 7) is 2.50. The standard InChI is InChI=1S/C17H18BrN3O2/c1-2-3-7-23-16(22)9-14-8-13(10-18)20-15-6-4-5-12-11-19-21(14)17(12)15/h4-6,8-9,11,20H,2-3,7,10H2,1H3/b14-9-. The lowest BCUT2D eigenvalue weighted by Crippen LogP contribution is -2.16. The van der Waals surface area contributed by atoms with Gasteiger partial charge in [-0.15, -0.1) is 0 Å². The van der Waals surface area contributed by atoms with E-state index >= 15 is 0 Å². The smallest absolute Gasteiger partial charge is 0.332 e. The highest BCUT2D eigenvalue weighted by molar-refractivity contribution is 9.08. The number of alkyl halides is 1. The van der Waals surface area contributed by atoms with Crippen molar-refractivity contribution in [2.45, 2.75) is 25.1 Å². The number of unbranched alkanes of at least 4 members (excludes halogenated alkanes) is 1. The Balaban J connectivity index is 2.18. The average molecular weight is 376 g/mol. The fourth-order valence-electron chi connectivity index (χ4n) is 2.48. The lowest BCUT2D eigenvalue weighted by Gasteiger charge is -1.99. The number of carbonyl (C=O) groups is 1. The fourth-order valence-corrected chi connectivity index (χ4v) is 2.78. The Morgan fingerprint density at radius 3 is 3.13 bits per heavy atom. The van der Waals surface area contributed by atoms with Crippen molar-refractivity contribution in [1.29, 1.82) is 0 Å². The van der Waals surface area contributed by atoms with Crippen molar-refractivity contribution < 1.29 is 9.53 Å². The lowest BCUT2D eigenvalue weighted by atomic mass is 10.2. The topological polar surface area (TPSA) is 59.4 Å². The molecular formula is C17H18BrN3O2. The molecule has 0 bridgehead atoms. The summed E-state index contributed by atoms with van der Waals surface area (Å²) in [5.74, 6) is -0.346. The van der Waals surface area contributed by atoms with Crippen LogP contribution in [0.4, 0.5) is 0 Å². The molecule has 0 saturated carbocycles. The molecule has 1 aromatic carbocycles. The van der Waals surface area contributed by atoms with E-state index in [1.54, 1.807) is 10.7 Å². The van der Waals surface area contributed by atoms with Crippen LogP contribution in [-0.4, -0.2) is 27.2 Å². The number of halogens is 1. The largest absolute Gasteiger partial charge is 0.462 e. The van der Waals surface area contributed by atoms with Gasteiger partial charge in [-0.2, -0.15) is 5.10 Å². The molecule has 2 aromatic heterocycles. The zero-order valence-electron chi connectivity index (χ0n) is 12.9. The predicted molar refractivity (Wildman–Crippen MR) is 94.0 cm³/mol. The maximum absolute atomic E-state index is 12.0. The van der Waals surface area contributed by atoms with Crippen molar-refractivity contribution in [3.8, 4) is 0 Å². The van der Waals surface area contributed by atoms with Gasteiger partial charge >= 0.3 is 5.97 Å². The molecule has 0 fully saturated rings. The number of aromatic nitrogens is 3. The monoisotopic (exact) mass is 375 g/mol. The molecule has 0 saturated heterocycles. The van der Waals surface area contributed by atoms with E-state index in [1.165, 1.54) is 6.08 Å². The first-order valence-corrected chi connectivity index (χ1v) is 8.74. The summed E-state index contributed by atoms with van der Waals surface area (Å²) in [5.41, 5.74) is 2.87. The predicted octanol–water partition coefficient (Wildman–Crippen LogP) is 3.12. The number of hydrogen-bond donors (Lipinski definition) is 1. The van der Waals surface area contributed by atoms with E-state index in [4.69, 9.17) is 4.74 Å². The molecule has 0 radical (unpaired) electrons. The fraction of sp³-hybridized carbons (Fsp3) is 0.294. The minimum absolute atomic E-state index is 0.346. The highest BCUT2D eigenvalue weighted by atomic mass is 79.9. The molecule has 0 amide bonds. The third kappa shape index (κ3) is 3.32. The normalized spacial score (nSPS) is 12.2. The molecule has 23 heavy (non-hydrogen) atoms. The average Bonchev–Trinajstić information content (AvgIpc) is 2.91. The van der Waals surface area contributed by atoms with Crippen LogP contribution in [0.25, 0.3) is 22.5 Å². The number of rotatable bonds is 5. The van der Waals surface area contributed by atoms with Gasteiger partial charge in [0.25, 0.3) is 0 Å². The van der Waals surface area contributed by atoms with Crippen molar-refractivity contribution >= 4 is 44.4 Å². The molecule has 3 aromatic rings. The van der Waals surface area contributed by atoms with Crippen molar-refractivity contribution in [3.63, 3.8) is 0 Å². The zero-order chi connectivity index (χ0) is 16.2. The maximum atomic E-state index is 12.0. The Morgan fingerprint density at radius 2 is 2.35 bits per heavy atom. The molecule has 0 unspecified atom stereocenters. The molecule has 0 aliphatic rings. The first-order valence-electron chi connectivity index (χ1n) is 7.62. The van der Waals surface area contributed by atoms with Crippen LogP contribution < -0.4 is 5.35 Å². The van der Waals surface area contributed by atoms with Gasteiger partial charge in [-0.1, -0.05) is 41.4 Å². The SMILES string of the molecule is CCCCOC(=O)/C=c1/cc(CBr)[nH]c2cccc3cnn1c32. The van der Waals surface area contributed by atoms with Gasteiger partial charge in [-0.25, -0.2) is 9.31 Å². The summed E-state index contributed by atoms with van der Waals surface area (Å²) >= 11 is 3.47. The second-order valence-corrected chi connectivity index (χ2v) is 5.88. The van der Waals surface area contributed by atoms with Crippen LogP contribution in [0.5, 0.6) is 0 Å². The maximum Gasteiger partial charge on any atom is 0.332 e. The highest BCUT2D eigenvalue weighted by Gasteiger charge is 2.07. The molecule has 6 heteroatoms. The first-order chi connectivity index (χ1) is 11.2. The minimum Gasteiger partial charge on any atom is -0.462 e. The van der Waals surface area contributed by atoms with Gasteiger partial charge in [0.05, 0.1) is 29.2 Å². The Morgan fingerprint density at radius 1 is 1.48 bits per heavy atom. The zero-order valence-corrected chi connectivity index (χ0v) is 14.5. The van der Waals surface area contributed by atoms with E-state index in [9.17, 15) is 4.79 Å². The van der Waals surface area contributed by atoms with Gasteiger partial charge in [0.15, 0.2) is 0 Å². The van der Waals surface area contributed by atoms with Crippen LogP contribution in [-0.2, 0) is 14.9 Å². The van der Waals surface area contributed by atoms with E-state index < -0.39 is 0 Å². The third-order valence-electron chi connectivity index (χ3n) is 3.61. The van der Waals surface area contributed by atoms with Crippen molar-refractivity contribution in [3.05, 3.63) is 41.5 Å². The van der Waals surface area contributed by atoms with E-state index in [-0.39, 0.29) is 5.97 Å². The second kappa shape index (κ2) is 7.00. The van der Waals surface area contributed by atoms with Crippen LogP contribution in [0, 0.1) is 0 Å². The number of nitrogens with one attached hydrogen (secondary N) is 1. The van der Waals surface area contributed by atoms with Crippen molar-refractivity contribution in [1.82, 2.24) is 14.6 Å². The third-order valence-corrected chi connectivity index (χ3v) is 4.21. The summed E-state index contributed by atoms with van der Waals surface area (Å²) in [6, 6.07) is 7.89. The lowest BCUT2D eigenvalue weighted by molar-refractivity contribution is -0.136. The van der Waals surface area contributed by atoms with Crippen molar-refractivity contribution in [2.24, 2.45) is 0 Å². The Bertz CT molecular complexity index is 911. The van der Waals surface area contributed by atoms with E-state index in [2.05, 4.69) is 32.9 Å². The molecule has 0 aliphatic carbocycles. The number of benzene rings is 1. The summed E-state index contributed by atoms with van der Waals surface area (Å²) in [6.07, 6.45) is 5.15. The molecule has 5 nitrogen and oxygen atoms in total. The van der Waals surface area contributed by atoms with Crippen molar-refractivity contribution in [2.75, 3.05) is 6.61 Å². The molecule has 2 heterocycles. The summed E-state index contributed by atoms with van der Waals surface area (Å²) < 4.78 is 7.01. The number of esters is 1. The second-order valence-electron chi connectivity index (χ2n) is 5.32. The number of ether oxygens (including phenoxy) is 1. The Hall–Kier alpha value is -2.08. The number of hydrogen-bond acceptors (Lipinski definition) is 3. The van der Waals surface area contributed by atoms with Gasteiger partial charge in [0, 0.05) is 22.5 Å². The van der Waals surface area contributed by atoms with Gasteiger partial charge < -0.3 is 9.72 Å². The van der Waals surface area contributed by atoms with Crippen LogP contribution in [0.15, 0.2) is 30.5 Å². The van der Waals surface area contributed by atoms with Crippen LogP contribution in [0.3, 0.4) is 0 Å². The summed E-state index contributed by atoms with van der Waals surface area (Å²) in [4.78, 5) is 15.4. The van der Waals surface area contributed by atoms with Gasteiger partial charge in [0.2, 0.25) is 0 Å². The Labute approximate surface area is 142 Å². The molecular weight excluding hydrogens is 358 g/mol. The van der Waals surface area contributed by atoms with E-state index in [1.807, 2.05) is 24.3 Å². The molecule has 3 rings (SSSR count). The van der Waals surface area contributed by atoms with Crippen LogP contribution in [0.1, 0.15) is 25.5 Å². The molecule has 0 spiro atoms. The number of carbonyl (C=O) groups excluding carboxylic acids is 1.